The van der Waals surface area contributed by atoms with Crippen LogP contribution < -0.4 is 9.74 Å². The topological polar surface area (TPSA) is 93.7 Å². The Morgan fingerprint density at radius 2 is 1.60 bits per heavy atom. The van der Waals surface area contributed by atoms with Crippen LogP contribution in [0.2, 0.25) is 0 Å². The molecule has 3 aromatic carbocycles. The Kier molecular flexibility index (Phi) is 7.27. The van der Waals surface area contributed by atoms with E-state index in [0.29, 0.717) is 16.6 Å². The summed E-state index contributed by atoms with van der Waals surface area (Å²) in [6, 6.07) is 24.0. The molecule has 1 saturated carbocycles. The summed E-state index contributed by atoms with van der Waals surface area (Å²) >= 11 is 1.57. The molecule has 4 heterocycles. The molecular formula is C34H34N8O2S. The normalized spacial score (nSPS) is 19.4. The summed E-state index contributed by atoms with van der Waals surface area (Å²) in [4.78, 5) is 30.2. The third-order valence-corrected chi connectivity index (χ3v) is 10.2. The van der Waals surface area contributed by atoms with Gasteiger partial charge in [0.15, 0.2) is 0 Å². The van der Waals surface area contributed by atoms with Crippen molar-refractivity contribution in [1.82, 2.24) is 34.7 Å². The molecule has 8 rings (SSSR count). The summed E-state index contributed by atoms with van der Waals surface area (Å²) in [6.07, 6.45) is 7.41. The highest BCUT2D eigenvalue weighted by molar-refractivity contribution is 7.19. The van der Waals surface area contributed by atoms with Gasteiger partial charge < -0.3 is 9.74 Å². The van der Waals surface area contributed by atoms with Crippen LogP contribution in [0.15, 0.2) is 79.0 Å². The van der Waals surface area contributed by atoms with Gasteiger partial charge in [0.25, 0.3) is 0 Å². The van der Waals surface area contributed by atoms with Gasteiger partial charge in [0.1, 0.15) is 16.0 Å². The van der Waals surface area contributed by atoms with Gasteiger partial charge in [-0.1, -0.05) is 47.4 Å². The van der Waals surface area contributed by atoms with Crippen LogP contribution in [0.5, 0.6) is 0 Å². The Bertz CT molecular complexity index is 1910. The quantitative estimate of drug-likeness (QED) is 0.215. The van der Waals surface area contributed by atoms with Crippen LogP contribution in [0.4, 0.5) is 5.69 Å². The molecule has 0 unspecified atom stereocenters. The molecule has 2 aliphatic rings. The Hall–Kier alpha value is -4.61. The standard InChI is InChI=1S/C34H34N8O2S/c1-23-6-14-27(15-7-23)39-18-20-40(21-19-39)28-16-12-25(13-17-28)32-37-41-22-30(35-34(41)45-32)24-8-10-26(11-9-24)33(43)44-42-31-5-3-2-4-29(31)36-38-42/h2-5,8-13,16-17,22-23,27H,6-7,14-15,18-21H2,1H3. The molecule has 2 fully saturated rings. The number of nitrogens with zero attached hydrogens (tertiary/aromatic N) is 8. The van der Waals surface area contributed by atoms with E-state index in [1.807, 2.05) is 41.0 Å². The van der Waals surface area contributed by atoms with Gasteiger partial charge in [0, 0.05) is 49.0 Å². The van der Waals surface area contributed by atoms with Crippen molar-refractivity contribution in [2.75, 3.05) is 31.1 Å². The van der Waals surface area contributed by atoms with Gasteiger partial charge in [-0.2, -0.15) is 5.10 Å². The maximum Gasteiger partial charge on any atom is 0.365 e. The molecule has 45 heavy (non-hydrogen) atoms. The minimum atomic E-state index is -0.517. The highest BCUT2D eigenvalue weighted by atomic mass is 32.1. The zero-order valence-corrected chi connectivity index (χ0v) is 25.9. The fourth-order valence-electron chi connectivity index (χ4n) is 6.55. The van der Waals surface area contributed by atoms with Crippen LogP contribution >= 0.6 is 11.3 Å². The first-order chi connectivity index (χ1) is 22.1. The van der Waals surface area contributed by atoms with Crippen molar-refractivity contribution in [1.29, 1.82) is 0 Å². The van der Waals surface area contributed by atoms with E-state index < -0.39 is 5.97 Å². The first-order valence-corrected chi connectivity index (χ1v) is 16.5. The Balaban J connectivity index is 0.901. The maximum absolute atomic E-state index is 12.7. The van der Waals surface area contributed by atoms with Crippen molar-refractivity contribution in [3.8, 4) is 21.8 Å². The number of hydrogen-bond donors (Lipinski definition) is 0. The van der Waals surface area contributed by atoms with Gasteiger partial charge in [-0.15, -0.1) is 5.10 Å². The molecule has 0 atom stereocenters. The number of carbonyl (C=O) groups excluding carboxylic acids is 1. The predicted octanol–water partition coefficient (Wildman–Crippen LogP) is 5.84. The molecule has 0 bridgehead atoms. The average Bonchev–Trinajstić information content (AvgIpc) is 3.80. The predicted molar refractivity (Wildman–Crippen MR) is 175 cm³/mol. The molecule has 0 radical (unpaired) electrons. The minimum Gasteiger partial charge on any atom is -0.369 e. The van der Waals surface area contributed by atoms with Gasteiger partial charge in [0.05, 0.1) is 17.5 Å². The monoisotopic (exact) mass is 618 g/mol. The molecule has 1 aliphatic carbocycles. The second-order valence-electron chi connectivity index (χ2n) is 12.2. The van der Waals surface area contributed by atoms with Crippen LogP contribution in [0.1, 0.15) is 43.0 Å². The Morgan fingerprint density at radius 3 is 2.36 bits per heavy atom. The number of imidazole rings is 1. The highest BCUT2D eigenvalue weighted by Crippen LogP contribution is 2.31. The molecular weight excluding hydrogens is 584 g/mol. The summed E-state index contributed by atoms with van der Waals surface area (Å²) in [5.74, 6) is 0.382. The zero-order valence-electron chi connectivity index (χ0n) is 25.1. The number of piperazine rings is 1. The van der Waals surface area contributed by atoms with E-state index in [1.54, 1.807) is 29.5 Å². The first kappa shape index (κ1) is 27.9. The lowest BCUT2D eigenvalue weighted by Gasteiger charge is -2.42. The fourth-order valence-corrected chi connectivity index (χ4v) is 7.43. The molecule has 0 N–H and O–H groups in total. The van der Waals surface area contributed by atoms with Crippen LogP contribution in [0.3, 0.4) is 0 Å². The number of rotatable bonds is 6. The maximum atomic E-state index is 12.7. The number of benzene rings is 3. The lowest BCUT2D eigenvalue weighted by Crippen LogP contribution is -2.51. The molecule has 0 spiro atoms. The third-order valence-electron chi connectivity index (χ3n) is 9.25. The minimum absolute atomic E-state index is 0.406. The van der Waals surface area contributed by atoms with Crippen molar-refractivity contribution in [2.45, 2.75) is 38.6 Å². The number of para-hydroxylation sites is 1. The number of hydrogen-bond acceptors (Lipinski definition) is 9. The number of carbonyl (C=O) groups is 1. The summed E-state index contributed by atoms with van der Waals surface area (Å²) in [6.45, 7) is 6.87. The summed E-state index contributed by atoms with van der Waals surface area (Å²) in [5, 5.41) is 13.7. The van der Waals surface area contributed by atoms with Crippen molar-refractivity contribution in [3.05, 3.63) is 84.6 Å². The lowest BCUT2D eigenvalue weighted by atomic mass is 9.86. The van der Waals surface area contributed by atoms with E-state index in [0.717, 1.165) is 69.8 Å². The molecule has 11 heteroatoms. The molecule has 1 aliphatic heterocycles. The van der Waals surface area contributed by atoms with E-state index in [2.05, 4.69) is 51.3 Å². The fraction of sp³-hybridized carbons (Fsp3) is 0.324. The summed E-state index contributed by atoms with van der Waals surface area (Å²) < 4.78 is 1.83. The summed E-state index contributed by atoms with van der Waals surface area (Å²) in [7, 11) is 0. The number of fused-ring (bicyclic) bond motifs is 2. The van der Waals surface area contributed by atoms with E-state index >= 15 is 0 Å². The van der Waals surface area contributed by atoms with Gasteiger partial charge >= 0.3 is 5.97 Å². The van der Waals surface area contributed by atoms with Crippen LogP contribution in [-0.4, -0.2) is 72.8 Å². The first-order valence-electron chi connectivity index (χ1n) is 15.7. The van der Waals surface area contributed by atoms with Gasteiger partial charge in [-0.3, -0.25) is 4.90 Å². The second-order valence-corrected chi connectivity index (χ2v) is 13.1. The van der Waals surface area contributed by atoms with Crippen LogP contribution in [0.25, 0.3) is 37.8 Å². The third kappa shape index (κ3) is 5.57. The van der Waals surface area contributed by atoms with Crippen molar-refractivity contribution in [2.24, 2.45) is 5.92 Å². The Morgan fingerprint density at radius 1 is 0.867 bits per heavy atom. The molecule has 1 saturated heterocycles. The van der Waals surface area contributed by atoms with Gasteiger partial charge in [0.2, 0.25) is 4.96 Å². The van der Waals surface area contributed by atoms with Crippen LogP contribution in [-0.2, 0) is 0 Å². The van der Waals surface area contributed by atoms with E-state index in [9.17, 15) is 4.79 Å². The lowest BCUT2D eigenvalue weighted by molar-refractivity contribution is 0.0409. The molecule has 6 aromatic rings. The van der Waals surface area contributed by atoms with Crippen molar-refractivity contribution < 1.29 is 9.63 Å². The van der Waals surface area contributed by atoms with Crippen LogP contribution in [0, 0.1) is 5.92 Å². The summed E-state index contributed by atoms with van der Waals surface area (Å²) in [5.41, 5.74) is 5.74. The van der Waals surface area contributed by atoms with E-state index in [-0.39, 0.29) is 0 Å². The number of anilines is 1. The molecule has 0 amide bonds. The number of aromatic nitrogens is 6. The van der Waals surface area contributed by atoms with Crippen molar-refractivity contribution in [3.63, 3.8) is 0 Å². The van der Waals surface area contributed by atoms with Crippen molar-refractivity contribution >= 4 is 39.0 Å². The smallest absolute Gasteiger partial charge is 0.365 e. The molecule has 3 aromatic heterocycles. The van der Waals surface area contributed by atoms with Gasteiger partial charge in [-0.25, -0.2) is 14.3 Å². The second kappa shape index (κ2) is 11.7. The largest absolute Gasteiger partial charge is 0.369 e. The zero-order chi connectivity index (χ0) is 30.3. The van der Waals surface area contributed by atoms with Gasteiger partial charge in [-0.05, 0) is 85.3 Å². The van der Waals surface area contributed by atoms with E-state index in [1.165, 1.54) is 31.4 Å². The highest BCUT2D eigenvalue weighted by Gasteiger charge is 2.27. The van der Waals surface area contributed by atoms with E-state index in [4.69, 9.17) is 14.9 Å². The average molecular weight is 619 g/mol. The Labute approximate surface area is 264 Å². The SMILES string of the molecule is CC1CCC(N2CCN(c3ccc(-c4nn5cc(-c6ccc(C(=O)On7nnc8ccccc87)cc6)nc5s4)cc3)CC2)CC1. The molecule has 10 nitrogen and oxygen atoms in total. The molecule has 228 valence electrons.